The van der Waals surface area contributed by atoms with E-state index in [2.05, 4.69) is 23.5 Å². The molecular formula is C33H37N5O2. The molecule has 2 aromatic heterocycles. The van der Waals surface area contributed by atoms with Gasteiger partial charge in [0.05, 0.1) is 47.7 Å². The Bertz CT molecular complexity index is 1530. The normalized spacial score (nSPS) is 24.8. The average Bonchev–Trinajstić information content (AvgIpc) is 3.51. The van der Waals surface area contributed by atoms with Gasteiger partial charge >= 0.3 is 0 Å². The van der Waals surface area contributed by atoms with Gasteiger partial charge in [-0.25, -0.2) is 4.68 Å². The highest BCUT2D eigenvalue weighted by molar-refractivity contribution is 6.05. The molecule has 1 amide bonds. The second kappa shape index (κ2) is 9.65. The van der Waals surface area contributed by atoms with Crippen LogP contribution in [0.15, 0.2) is 60.8 Å². The molecule has 0 radical (unpaired) electrons. The first kappa shape index (κ1) is 25.1. The molecule has 40 heavy (non-hydrogen) atoms. The molecule has 7 nitrogen and oxygen atoms in total. The number of aromatic nitrogens is 4. The van der Waals surface area contributed by atoms with E-state index in [1.807, 2.05) is 65.8 Å². The first-order chi connectivity index (χ1) is 19.4. The standard InChI is InChI=1S/C33H37N5O2/c1-21-30(22(2)37(35-21)19-23-8-7-11-28(15-23)40-3)34-32(39)29-20-38(27-9-5-4-6-10-27)36-31(29)33-16-24-12-25(17-33)14-26(13-24)18-33/h4-11,15,20,24-26H,12-14,16-19H2,1-3H3,(H,34,39). The molecule has 2 heterocycles. The summed E-state index contributed by atoms with van der Waals surface area (Å²) in [7, 11) is 1.67. The Morgan fingerprint density at radius 2 is 1.68 bits per heavy atom. The minimum absolute atomic E-state index is 0.00207. The van der Waals surface area contributed by atoms with Gasteiger partial charge in [-0.3, -0.25) is 9.48 Å². The number of aryl methyl sites for hydroxylation is 1. The van der Waals surface area contributed by atoms with Crippen molar-refractivity contribution in [3.8, 4) is 11.4 Å². The molecule has 8 rings (SSSR count). The van der Waals surface area contributed by atoms with E-state index in [0.29, 0.717) is 12.1 Å². The van der Waals surface area contributed by atoms with Crippen LogP contribution in [-0.2, 0) is 12.0 Å². The smallest absolute Gasteiger partial charge is 0.259 e. The molecule has 206 valence electrons. The van der Waals surface area contributed by atoms with E-state index in [4.69, 9.17) is 14.9 Å². The van der Waals surface area contributed by atoms with E-state index < -0.39 is 0 Å². The number of para-hydroxylation sites is 1. The van der Waals surface area contributed by atoms with Crippen LogP contribution in [-0.4, -0.2) is 32.6 Å². The molecule has 0 saturated heterocycles. The van der Waals surface area contributed by atoms with Crippen molar-refractivity contribution in [2.45, 2.75) is 64.3 Å². The van der Waals surface area contributed by atoms with Crippen LogP contribution in [0.1, 0.15) is 71.5 Å². The average molecular weight is 536 g/mol. The summed E-state index contributed by atoms with van der Waals surface area (Å²) in [4.78, 5) is 14.1. The number of carbonyl (C=O) groups excluding carboxylic acids is 1. The fraction of sp³-hybridized carbons (Fsp3) is 0.424. The van der Waals surface area contributed by atoms with Gasteiger partial charge in [-0.15, -0.1) is 0 Å². The molecule has 4 aliphatic rings. The predicted molar refractivity (Wildman–Crippen MR) is 155 cm³/mol. The molecule has 0 atom stereocenters. The van der Waals surface area contributed by atoms with Crippen molar-refractivity contribution in [1.29, 1.82) is 0 Å². The topological polar surface area (TPSA) is 74.0 Å². The number of methoxy groups -OCH3 is 1. The van der Waals surface area contributed by atoms with Crippen LogP contribution in [0.2, 0.25) is 0 Å². The van der Waals surface area contributed by atoms with Crippen molar-refractivity contribution in [3.05, 3.63) is 89.0 Å². The van der Waals surface area contributed by atoms with Crippen LogP contribution in [0.3, 0.4) is 0 Å². The molecule has 0 unspecified atom stereocenters. The zero-order chi connectivity index (χ0) is 27.4. The van der Waals surface area contributed by atoms with E-state index in [0.717, 1.165) is 76.8 Å². The maximum atomic E-state index is 14.1. The Morgan fingerprint density at radius 1 is 0.975 bits per heavy atom. The molecule has 7 heteroatoms. The molecule has 0 aliphatic heterocycles. The summed E-state index contributed by atoms with van der Waals surface area (Å²) in [5.41, 5.74) is 6.28. The first-order valence-electron chi connectivity index (χ1n) is 14.5. The van der Waals surface area contributed by atoms with Gasteiger partial charge in [0.15, 0.2) is 0 Å². The number of anilines is 1. The maximum Gasteiger partial charge on any atom is 0.259 e. The zero-order valence-corrected chi connectivity index (χ0v) is 23.6. The highest BCUT2D eigenvalue weighted by Gasteiger charge is 2.54. The van der Waals surface area contributed by atoms with E-state index >= 15 is 0 Å². The van der Waals surface area contributed by atoms with E-state index in [9.17, 15) is 4.79 Å². The van der Waals surface area contributed by atoms with Gasteiger partial charge in [0.1, 0.15) is 5.75 Å². The molecule has 4 aromatic rings. The predicted octanol–water partition coefficient (Wildman–Crippen LogP) is 6.46. The Morgan fingerprint density at radius 3 is 2.35 bits per heavy atom. The molecule has 4 fully saturated rings. The largest absolute Gasteiger partial charge is 0.497 e. The van der Waals surface area contributed by atoms with Crippen LogP contribution < -0.4 is 10.1 Å². The number of rotatable bonds is 7. The van der Waals surface area contributed by atoms with Crippen molar-refractivity contribution in [3.63, 3.8) is 0 Å². The second-order valence-corrected chi connectivity index (χ2v) is 12.4. The van der Waals surface area contributed by atoms with Gasteiger partial charge in [0.2, 0.25) is 0 Å². The lowest BCUT2D eigenvalue weighted by molar-refractivity contribution is -0.00765. The Balaban J connectivity index is 1.23. The molecule has 4 bridgehead atoms. The van der Waals surface area contributed by atoms with Crippen LogP contribution in [0, 0.1) is 31.6 Å². The summed E-state index contributed by atoms with van der Waals surface area (Å²) >= 11 is 0. The van der Waals surface area contributed by atoms with Crippen molar-refractivity contribution >= 4 is 11.6 Å². The molecule has 4 aliphatic carbocycles. The van der Waals surface area contributed by atoms with Gasteiger partial charge in [-0.1, -0.05) is 30.3 Å². The Kier molecular flexibility index (Phi) is 6.06. The van der Waals surface area contributed by atoms with Crippen LogP contribution >= 0.6 is 0 Å². The maximum absolute atomic E-state index is 14.1. The van der Waals surface area contributed by atoms with Gasteiger partial charge in [-0.05, 0) is 100.0 Å². The number of hydrogen-bond donors (Lipinski definition) is 1. The fourth-order valence-corrected chi connectivity index (χ4v) is 8.20. The highest BCUT2D eigenvalue weighted by atomic mass is 16.5. The number of nitrogens with zero attached hydrogens (tertiary/aromatic N) is 4. The van der Waals surface area contributed by atoms with Crippen molar-refractivity contribution < 1.29 is 9.53 Å². The van der Waals surface area contributed by atoms with Gasteiger partial charge in [0.25, 0.3) is 5.91 Å². The number of nitrogens with one attached hydrogen (secondary N) is 1. The fourth-order valence-electron chi connectivity index (χ4n) is 8.20. The third kappa shape index (κ3) is 4.32. The lowest BCUT2D eigenvalue weighted by Gasteiger charge is -2.56. The Hall–Kier alpha value is -3.87. The summed E-state index contributed by atoms with van der Waals surface area (Å²) in [5.74, 6) is 3.02. The SMILES string of the molecule is COc1cccc(Cn2nc(C)c(NC(=O)c3cn(-c4ccccc4)nc3C34CC5CC(CC(C5)C3)C4)c2C)c1. The molecular weight excluding hydrogens is 498 g/mol. The van der Waals surface area contributed by atoms with Gasteiger partial charge in [-0.2, -0.15) is 10.2 Å². The van der Waals surface area contributed by atoms with Crippen LogP contribution in [0.5, 0.6) is 5.75 Å². The van der Waals surface area contributed by atoms with Crippen LogP contribution in [0.4, 0.5) is 5.69 Å². The van der Waals surface area contributed by atoms with Crippen molar-refractivity contribution in [1.82, 2.24) is 19.6 Å². The van der Waals surface area contributed by atoms with Crippen LogP contribution in [0.25, 0.3) is 5.69 Å². The van der Waals surface area contributed by atoms with Gasteiger partial charge in [0, 0.05) is 11.6 Å². The number of ether oxygens (including phenoxy) is 1. The van der Waals surface area contributed by atoms with Gasteiger partial charge < -0.3 is 10.1 Å². The zero-order valence-electron chi connectivity index (χ0n) is 23.6. The van der Waals surface area contributed by atoms with Crippen molar-refractivity contribution in [2.24, 2.45) is 17.8 Å². The lowest BCUT2D eigenvalue weighted by atomic mass is 9.48. The monoisotopic (exact) mass is 535 g/mol. The number of hydrogen-bond acceptors (Lipinski definition) is 4. The summed E-state index contributed by atoms with van der Waals surface area (Å²) in [5, 5.41) is 13.2. The minimum Gasteiger partial charge on any atom is -0.497 e. The number of amides is 1. The van der Waals surface area contributed by atoms with E-state index in [1.165, 1.54) is 19.3 Å². The summed E-state index contributed by atoms with van der Waals surface area (Å²) in [6, 6.07) is 18.2. The quantitative estimate of drug-likeness (QED) is 0.295. The van der Waals surface area contributed by atoms with Crippen molar-refractivity contribution in [2.75, 3.05) is 12.4 Å². The third-order valence-electron chi connectivity index (χ3n) is 9.61. The lowest BCUT2D eigenvalue weighted by Crippen LogP contribution is -2.49. The third-order valence-corrected chi connectivity index (χ3v) is 9.61. The number of carbonyl (C=O) groups is 1. The molecule has 2 aromatic carbocycles. The molecule has 0 spiro atoms. The summed E-state index contributed by atoms with van der Waals surface area (Å²) in [6.07, 6.45) is 9.47. The molecule has 4 saturated carbocycles. The second-order valence-electron chi connectivity index (χ2n) is 12.4. The molecule has 1 N–H and O–H groups in total. The summed E-state index contributed by atoms with van der Waals surface area (Å²) in [6.45, 7) is 4.57. The number of benzene rings is 2. The first-order valence-corrected chi connectivity index (χ1v) is 14.5. The highest BCUT2D eigenvalue weighted by Crippen LogP contribution is 2.61. The summed E-state index contributed by atoms with van der Waals surface area (Å²) < 4.78 is 9.25. The van der Waals surface area contributed by atoms with E-state index in [-0.39, 0.29) is 11.3 Å². The minimum atomic E-state index is -0.0972. The Labute approximate surface area is 235 Å². The van der Waals surface area contributed by atoms with E-state index in [1.54, 1.807) is 7.11 Å².